The molecule has 0 aliphatic rings. The molecule has 0 aliphatic carbocycles. The van der Waals surface area contributed by atoms with Crippen molar-refractivity contribution in [2.45, 2.75) is 19.4 Å². The Morgan fingerprint density at radius 1 is 1.11 bits per heavy atom. The van der Waals surface area contributed by atoms with Gasteiger partial charge < -0.3 is 4.74 Å². The number of benzene rings is 2. The Balaban J connectivity index is 2.09. The van der Waals surface area contributed by atoms with Crippen LogP contribution in [0.4, 0.5) is 0 Å². The van der Waals surface area contributed by atoms with Gasteiger partial charge in [-0.2, -0.15) is 0 Å². The summed E-state index contributed by atoms with van der Waals surface area (Å²) in [5.41, 5.74) is 3.49. The lowest BCUT2D eigenvalue weighted by molar-refractivity contribution is 0.305. The van der Waals surface area contributed by atoms with Crippen molar-refractivity contribution in [2.24, 2.45) is 0 Å². The largest absolute Gasteiger partial charge is 0.489 e. The number of hydrogen-bond acceptors (Lipinski definition) is 1. The highest BCUT2D eigenvalue weighted by atomic mass is 79.9. The molecule has 2 rings (SSSR count). The van der Waals surface area contributed by atoms with E-state index in [-0.39, 0.29) is 0 Å². The highest BCUT2D eigenvalue weighted by Gasteiger charge is 2.03. The van der Waals surface area contributed by atoms with E-state index in [4.69, 9.17) is 16.3 Å². The predicted octanol–water partition coefficient (Wildman–Crippen LogP) is 5.08. The van der Waals surface area contributed by atoms with Crippen molar-refractivity contribution in [3.05, 3.63) is 63.6 Å². The molecule has 0 heterocycles. The summed E-state index contributed by atoms with van der Waals surface area (Å²) in [6.45, 7) is 2.67. The van der Waals surface area contributed by atoms with Crippen LogP contribution in [0.1, 0.15) is 16.7 Å². The van der Waals surface area contributed by atoms with Crippen molar-refractivity contribution in [1.29, 1.82) is 0 Å². The first kappa shape index (κ1) is 13.4. The van der Waals surface area contributed by atoms with E-state index in [1.54, 1.807) is 0 Å². The monoisotopic (exact) mass is 324 g/mol. The normalized spacial score (nSPS) is 10.4. The van der Waals surface area contributed by atoms with E-state index in [0.29, 0.717) is 12.5 Å². The third kappa shape index (κ3) is 3.27. The SMILES string of the molecule is Cc1ccccc1COc1ccc(Br)c(CCl)c1. The van der Waals surface area contributed by atoms with Crippen LogP contribution in [0.2, 0.25) is 0 Å². The first-order valence-corrected chi connectivity index (χ1v) is 7.05. The van der Waals surface area contributed by atoms with E-state index >= 15 is 0 Å². The van der Waals surface area contributed by atoms with Gasteiger partial charge in [-0.25, -0.2) is 0 Å². The predicted molar refractivity (Wildman–Crippen MR) is 79.2 cm³/mol. The topological polar surface area (TPSA) is 9.23 Å². The van der Waals surface area contributed by atoms with Gasteiger partial charge in [-0.15, -0.1) is 11.6 Å². The van der Waals surface area contributed by atoms with E-state index in [1.165, 1.54) is 11.1 Å². The zero-order valence-corrected chi connectivity index (χ0v) is 12.5. The molecule has 2 aromatic rings. The Morgan fingerprint density at radius 3 is 2.61 bits per heavy atom. The maximum atomic E-state index is 5.86. The molecule has 1 nitrogen and oxygen atoms in total. The van der Waals surface area contributed by atoms with Gasteiger partial charge in [0.15, 0.2) is 0 Å². The molecule has 0 saturated carbocycles. The van der Waals surface area contributed by atoms with Crippen LogP contribution in [0.3, 0.4) is 0 Å². The van der Waals surface area contributed by atoms with Crippen molar-refractivity contribution in [3.8, 4) is 5.75 Å². The first-order chi connectivity index (χ1) is 8.70. The molecule has 0 radical (unpaired) electrons. The van der Waals surface area contributed by atoms with Crippen LogP contribution in [-0.2, 0) is 12.5 Å². The molecule has 0 aromatic heterocycles. The average molecular weight is 326 g/mol. The maximum Gasteiger partial charge on any atom is 0.120 e. The van der Waals surface area contributed by atoms with Gasteiger partial charge in [-0.3, -0.25) is 0 Å². The Labute approximate surface area is 121 Å². The van der Waals surface area contributed by atoms with E-state index < -0.39 is 0 Å². The fourth-order valence-corrected chi connectivity index (χ4v) is 2.45. The molecule has 94 valence electrons. The zero-order chi connectivity index (χ0) is 13.0. The molecule has 3 heteroatoms. The van der Waals surface area contributed by atoms with Crippen molar-refractivity contribution < 1.29 is 4.74 Å². The summed E-state index contributed by atoms with van der Waals surface area (Å²) < 4.78 is 6.81. The summed E-state index contributed by atoms with van der Waals surface area (Å²) in [7, 11) is 0. The minimum Gasteiger partial charge on any atom is -0.489 e. The van der Waals surface area contributed by atoms with E-state index in [0.717, 1.165) is 15.8 Å². The number of aryl methyl sites for hydroxylation is 1. The molecule has 0 bridgehead atoms. The second-order valence-corrected chi connectivity index (χ2v) is 5.22. The van der Waals surface area contributed by atoms with Gasteiger partial charge in [0.1, 0.15) is 12.4 Å². The fraction of sp³-hybridized carbons (Fsp3) is 0.200. The van der Waals surface area contributed by atoms with Crippen molar-refractivity contribution in [1.82, 2.24) is 0 Å². The molecular weight excluding hydrogens is 312 g/mol. The first-order valence-electron chi connectivity index (χ1n) is 5.72. The second-order valence-electron chi connectivity index (χ2n) is 4.10. The van der Waals surface area contributed by atoms with Crippen molar-refractivity contribution in [2.75, 3.05) is 0 Å². The zero-order valence-electron chi connectivity index (χ0n) is 10.1. The van der Waals surface area contributed by atoms with Gasteiger partial charge in [0.05, 0.1) is 0 Å². The summed E-state index contributed by atoms with van der Waals surface area (Å²) >= 11 is 9.32. The van der Waals surface area contributed by atoms with Gasteiger partial charge in [-0.1, -0.05) is 40.2 Å². The summed E-state index contributed by atoms with van der Waals surface area (Å²) in [5.74, 6) is 1.32. The molecule has 0 spiro atoms. The molecule has 0 N–H and O–H groups in total. The quantitative estimate of drug-likeness (QED) is 0.713. The van der Waals surface area contributed by atoms with E-state index in [2.05, 4.69) is 35.0 Å². The van der Waals surface area contributed by atoms with Crippen LogP contribution in [0.15, 0.2) is 46.9 Å². The molecule has 2 aromatic carbocycles. The third-order valence-corrected chi connectivity index (χ3v) is 3.88. The highest BCUT2D eigenvalue weighted by molar-refractivity contribution is 9.10. The van der Waals surface area contributed by atoms with Crippen molar-refractivity contribution >= 4 is 27.5 Å². The van der Waals surface area contributed by atoms with Gasteiger partial charge in [0, 0.05) is 10.4 Å². The van der Waals surface area contributed by atoms with Crippen LogP contribution in [0.5, 0.6) is 5.75 Å². The smallest absolute Gasteiger partial charge is 0.120 e. The summed E-state index contributed by atoms with van der Waals surface area (Å²) in [6.07, 6.45) is 0. The Kier molecular flexibility index (Phi) is 4.67. The molecule has 0 atom stereocenters. The molecular formula is C15H14BrClO. The molecule has 0 fully saturated rings. The standard InChI is InChI=1S/C15H14BrClO/c1-11-4-2-3-5-12(11)10-18-14-6-7-15(16)13(8-14)9-17/h2-8H,9-10H2,1H3. The van der Waals surface area contributed by atoms with Crippen LogP contribution in [0.25, 0.3) is 0 Å². The van der Waals surface area contributed by atoms with Gasteiger partial charge in [-0.05, 0) is 41.8 Å². The molecule has 0 saturated heterocycles. The lowest BCUT2D eigenvalue weighted by Crippen LogP contribution is -1.98. The average Bonchev–Trinajstić information content (AvgIpc) is 2.39. The number of halogens is 2. The van der Waals surface area contributed by atoms with Crippen LogP contribution in [-0.4, -0.2) is 0 Å². The number of ether oxygens (including phenoxy) is 1. The summed E-state index contributed by atoms with van der Waals surface area (Å²) in [4.78, 5) is 0. The maximum absolute atomic E-state index is 5.86. The summed E-state index contributed by atoms with van der Waals surface area (Å²) in [5, 5.41) is 0. The third-order valence-electron chi connectivity index (χ3n) is 2.82. The highest BCUT2D eigenvalue weighted by Crippen LogP contribution is 2.24. The number of rotatable bonds is 4. The lowest BCUT2D eigenvalue weighted by atomic mass is 10.1. The fourth-order valence-electron chi connectivity index (χ4n) is 1.68. The van der Waals surface area contributed by atoms with E-state index in [9.17, 15) is 0 Å². The Hall–Kier alpha value is -0.990. The van der Waals surface area contributed by atoms with Crippen LogP contribution >= 0.6 is 27.5 Å². The minimum absolute atomic E-state index is 0.474. The van der Waals surface area contributed by atoms with Crippen LogP contribution < -0.4 is 4.74 Å². The van der Waals surface area contributed by atoms with Crippen molar-refractivity contribution in [3.63, 3.8) is 0 Å². The Bertz CT molecular complexity index is 540. The Morgan fingerprint density at radius 2 is 1.89 bits per heavy atom. The second kappa shape index (κ2) is 6.26. The molecule has 18 heavy (non-hydrogen) atoms. The van der Waals surface area contributed by atoms with Gasteiger partial charge in [0.2, 0.25) is 0 Å². The lowest BCUT2D eigenvalue weighted by Gasteiger charge is -2.10. The van der Waals surface area contributed by atoms with Gasteiger partial charge >= 0.3 is 0 Å². The molecule has 0 amide bonds. The molecule has 0 aliphatic heterocycles. The minimum atomic E-state index is 0.474. The summed E-state index contributed by atoms with van der Waals surface area (Å²) in [6, 6.07) is 14.1. The van der Waals surface area contributed by atoms with Gasteiger partial charge in [0.25, 0.3) is 0 Å². The van der Waals surface area contributed by atoms with E-state index in [1.807, 2.05) is 30.3 Å². The number of hydrogen-bond donors (Lipinski definition) is 0. The molecule has 0 unspecified atom stereocenters. The number of alkyl halides is 1. The van der Waals surface area contributed by atoms with Crippen LogP contribution in [0, 0.1) is 6.92 Å².